The normalized spacial score (nSPS) is 58.1. The molecule has 1 spiro atoms. The molecule has 2 aliphatic heterocycles. The first kappa shape index (κ1) is 13.1. The summed E-state index contributed by atoms with van der Waals surface area (Å²) < 4.78 is 6.58. The lowest BCUT2D eigenvalue weighted by Gasteiger charge is -2.57. The molecule has 2 heterocycles. The first-order valence-corrected chi connectivity index (χ1v) is 8.93. The van der Waals surface area contributed by atoms with E-state index in [1.165, 1.54) is 19.4 Å². The zero-order valence-corrected chi connectivity index (χ0v) is 13.5. The molecule has 21 heavy (non-hydrogen) atoms. The average Bonchev–Trinajstić information content (AvgIpc) is 3.09. The third-order valence-electron chi connectivity index (χ3n) is 8.19. The molecule has 0 N–H and O–H groups in total. The molecule has 0 unspecified atom stereocenters. The van der Waals surface area contributed by atoms with E-state index in [0.717, 1.165) is 25.5 Å². The monoisotopic (exact) mass is 289 g/mol. The number of rotatable bonds is 1. The van der Waals surface area contributed by atoms with E-state index < -0.39 is 0 Å². The van der Waals surface area contributed by atoms with Crippen molar-refractivity contribution in [2.24, 2.45) is 40.9 Å². The van der Waals surface area contributed by atoms with Crippen LogP contribution in [0.2, 0.25) is 0 Å². The molecule has 0 aromatic carbocycles. The Hall–Kier alpha value is -0.410. The molecule has 3 nitrogen and oxygen atoms in total. The minimum Gasteiger partial charge on any atom is -0.358 e. The van der Waals surface area contributed by atoms with E-state index in [9.17, 15) is 4.79 Å². The van der Waals surface area contributed by atoms with Crippen molar-refractivity contribution in [3.8, 4) is 0 Å². The predicted octanol–water partition coefficient (Wildman–Crippen LogP) is 2.55. The summed E-state index contributed by atoms with van der Waals surface area (Å²) in [7, 11) is 0. The number of Topliss-reactive ketones (excluding diaryl/α,β-unsaturated/α-hetero) is 1. The molecule has 5 rings (SSSR count). The van der Waals surface area contributed by atoms with Crippen LogP contribution in [-0.4, -0.2) is 36.1 Å². The Labute approximate surface area is 127 Å². The van der Waals surface area contributed by atoms with Gasteiger partial charge in [-0.1, -0.05) is 20.8 Å². The lowest BCUT2D eigenvalue weighted by molar-refractivity contribution is -0.230. The van der Waals surface area contributed by atoms with Gasteiger partial charge in [0.15, 0.2) is 0 Å². The Morgan fingerprint density at radius 2 is 2.10 bits per heavy atom. The summed E-state index contributed by atoms with van der Waals surface area (Å²) in [5.74, 6) is 3.81. The smallest absolute Gasteiger partial charge is 0.137 e. The Bertz CT molecular complexity index is 517. The van der Waals surface area contributed by atoms with Gasteiger partial charge in [0.05, 0.1) is 6.61 Å². The Morgan fingerprint density at radius 1 is 1.29 bits per heavy atom. The van der Waals surface area contributed by atoms with Crippen LogP contribution in [0.25, 0.3) is 0 Å². The third-order valence-corrected chi connectivity index (χ3v) is 8.19. The van der Waals surface area contributed by atoms with Gasteiger partial charge in [0.1, 0.15) is 11.5 Å². The van der Waals surface area contributed by atoms with Gasteiger partial charge >= 0.3 is 0 Å². The van der Waals surface area contributed by atoms with Crippen molar-refractivity contribution in [3.05, 3.63) is 0 Å². The van der Waals surface area contributed by atoms with E-state index in [0.29, 0.717) is 35.4 Å². The second-order valence-electron chi connectivity index (χ2n) is 8.78. The second kappa shape index (κ2) is 3.73. The minimum absolute atomic E-state index is 0.101. The molecular formula is C18H27NO2. The molecule has 3 saturated carbocycles. The SMILES string of the molecule is CC(C)[C@H]1[C@@H]2C(=O)C[C@H]1[C@@]13OCCN1C[C@H]1CC[C@@H]2[C@]13C. The summed E-state index contributed by atoms with van der Waals surface area (Å²) in [5, 5.41) is 0. The predicted molar refractivity (Wildman–Crippen MR) is 79.5 cm³/mol. The lowest BCUT2D eigenvalue weighted by Crippen LogP contribution is -2.64. The van der Waals surface area contributed by atoms with Crippen molar-refractivity contribution in [3.63, 3.8) is 0 Å². The van der Waals surface area contributed by atoms with Gasteiger partial charge in [-0.25, -0.2) is 0 Å². The molecule has 7 atom stereocenters. The number of carbonyl (C=O) groups excluding carboxylic acids is 1. The van der Waals surface area contributed by atoms with Crippen molar-refractivity contribution < 1.29 is 9.53 Å². The van der Waals surface area contributed by atoms with E-state index in [-0.39, 0.29) is 11.1 Å². The Balaban J connectivity index is 1.75. The maximum absolute atomic E-state index is 12.8. The van der Waals surface area contributed by atoms with Gasteiger partial charge in [-0.15, -0.1) is 0 Å². The van der Waals surface area contributed by atoms with Crippen LogP contribution >= 0.6 is 0 Å². The summed E-state index contributed by atoms with van der Waals surface area (Å²) in [6.45, 7) is 10.3. The van der Waals surface area contributed by atoms with Crippen LogP contribution in [0.5, 0.6) is 0 Å². The number of hydrogen-bond acceptors (Lipinski definition) is 3. The second-order valence-corrected chi connectivity index (χ2v) is 8.78. The van der Waals surface area contributed by atoms with Crippen LogP contribution < -0.4 is 0 Å². The quantitative estimate of drug-likeness (QED) is 0.743. The summed E-state index contributed by atoms with van der Waals surface area (Å²) in [4.78, 5) is 15.5. The van der Waals surface area contributed by atoms with Crippen LogP contribution in [-0.2, 0) is 9.53 Å². The maximum Gasteiger partial charge on any atom is 0.137 e. The molecule has 5 aliphatic rings. The largest absolute Gasteiger partial charge is 0.358 e. The van der Waals surface area contributed by atoms with Crippen LogP contribution in [0.4, 0.5) is 0 Å². The fraction of sp³-hybridized carbons (Fsp3) is 0.944. The molecule has 3 aliphatic carbocycles. The van der Waals surface area contributed by atoms with Gasteiger partial charge in [-0.2, -0.15) is 0 Å². The van der Waals surface area contributed by atoms with E-state index >= 15 is 0 Å². The summed E-state index contributed by atoms with van der Waals surface area (Å²) >= 11 is 0. The fourth-order valence-electron chi connectivity index (χ4n) is 7.70. The number of nitrogens with zero attached hydrogens (tertiary/aromatic N) is 1. The van der Waals surface area contributed by atoms with Crippen molar-refractivity contribution in [1.29, 1.82) is 0 Å². The number of ketones is 1. The zero-order valence-electron chi connectivity index (χ0n) is 13.5. The van der Waals surface area contributed by atoms with E-state index in [4.69, 9.17) is 4.74 Å². The molecular weight excluding hydrogens is 262 g/mol. The lowest BCUT2D eigenvalue weighted by atomic mass is 9.52. The highest BCUT2D eigenvalue weighted by Crippen LogP contribution is 2.74. The van der Waals surface area contributed by atoms with E-state index in [2.05, 4.69) is 25.7 Å². The van der Waals surface area contributed by atoms with E-state index in [1.54, 1.807) is 0 Å². The van der Waals surface area contributed by atoms with E-state index in [1.807, 2.05) is 0 Å². The van der Waals surface area contributed by atoms with Gasteiger partial charge in [-0.05, 0) is 36.5 Å². The molecule has 3 heteroatoms. The highest BCUT2D eigenvalue weighted by Gasteiger charge is 2.79. The Kier molecular flexibility index (Phi) is 2.32. The molecule has 0 amide bonds. The number of hydrogen-bond donors (Lipinski definition) is 0. The molecule has 0 aromatic heterocycles. The highest BCUT2D eigenvalue weighted by molar-refractivity contribution is 5.85. The first-order chi connectivity index (χ1) is 10.0. The number of fused-ring (bicyclic) bond motifs is 3. The van der Waals surface area contributed by atoms with Gasteiger partial charge < -0.3 is 4.74 Å². The van der Waals surface area contributed by atoms with Crippen LogP contribution in [0.1, 0.15) is 40.0 Å². The van der Waals surface area contributed by atoms with Crippen molar-refractivity contribution >= 4 is 5.78 Å². The topological polar surface area (TPSA) is 29.5 Å². The number of ether oxygens (including phenoxy) is 1. The molecule has 5 fully saturated rings. The van der Waals surface area contributed by atoms with Crippen LogP contribution in [0, 0.1) is 40.9 Å². The minimum atomic E-state index is -0.101. The summed E-state index contributed by atoms with van der Waals surface area (Å²) in [6.07, 6.45) is 3.35. The molecule has 2 saturated heterocycles. The van der Waals surface area contributed by atoms with Crippen molar-refractivity contribution in [2.45, 2.75) is 45.8 Å². The fourth-order valence-corrected chi connectivity index (χ4v) is 7.70. The summed E-state index contributed by atoms with van der Waals surface area (Å²) in [5.41, 5.74) is 0.132. The highest BCUT2D eigenvalue weighted by atomic mass is 16.5. The number of carbonyl (C=O) groups is 1. The van der Waals surface area contributed by atoms with Crippen molar-refractivity contribution in [1.82, 2.24) is 4.90 Å². The Morgan fingerprint density at radius 3 is 2.86 bits per heavy atom. The van der Waals surface area contributed by atoms with Gasteiger partial charge in [-0.3, -0.25) is 9.69 Å². The van der Waals surface area contributed by atoms with Crippen LogP contribution in [0.3, 0.4) is 0 Å². The standard InChI is InChI=1S/C18H27NO2/c1-10(2)15-13-8-14(20)16(15)12-5-4-11-9-19-6-7-21-18(13,19)17(11,12)3/h10-13,15-16H,4-9H2,1-3H3/t11-,12+,13-,15-,16+,17+,18+/m1/s1. The van der Waals surface area contributed by atoms with Gasteiger partial charge in [0.25, 0.3) is 0 Å². The molecule has 116 valence electrons. The molecule has 2 bridgehead atoms. The zero-order chi connectivity index (χ0) is 14.6. The van der Waals surface area contributed by atoms with Gasteiger partial charge in [0.2, 0.25) is 0 Å². The molecule has 0 aromatic rings. The van der Waals surface area contributed by atoms with Crippen LogP contribution in [0.15, 0.2) is 0 Å². The third kappa shape index (κ3) is 1.15. The van der Waals surface area contributed by atoms with Gasteiger partial charge in [0, 0.05) is 36.8 Å². The van der Waals surface area contributed by atoms with Crippen molar-refractivity contribution in [2.75, 3.05) is 19.7 Å². The maximum atomic E-state index is 12.8. The molecule has 0 radical (unpaired) electrons. The first-order valence-electron chi connectivity index (χ1n) is 8.93. The summed E-state index contributed by atoms with van der Waals surface area (Å²) in [6, 6.07) is 0. The average molecular weight is 289 g/mol.